The largest absolute Gasteiger partial charge is 0.507 e. The number of para-hydroxylation sites is 1. The second kappa shape index (κ2) is 5.43. The summed E-state index contributed by atoms with van der Waals surface area (Å²) >= 11 is 0. The van der Waals surface area contributed by atoms with Gasteiger partial charge in [-0.05, 0) is 29.7 Å². The van der Waals surface area contributed by atoms with Crippen molar-refractivity contribution in [3.05, 3.63) is 58.1 Å². The third-order valence-electron chi connectivity index (χ3n) is 3.86. The van der Waals surface area contributed by atoms with E-state index in [4.69, 9.17) is 0 Å². The van der Waals surface area contributed by atoms with E-state index in [1.54, 1.807) is 18.2 Å². The molecule has 0 fully saturated rings. The number of rotatable bonds is 2. The third-order valence-corrected chi connectivity index (χ3v) is 3.86. The molecule has 0 spiro atoms. The number of H-pyrrole nitrogens is 1. The van der Waals surface area contributed by atoms with Crippen molar-refractivity contribution >= 4 is 10.9 Å². The molecule has 1 heterocycles. The normalized spacial score (nSPS) is 11.3. The molecule has 2 aromatic carbocycles. The number of aromatic amines is 1. The van der Waals surface area contributed by atoms with Gasteiger partial charge in [-0.15, -0.1) is 0 Å². The number of benzene rings is 2. The number of phenolic OH excluding ortho intramolecular Hbond substituents is 2. The Morgan fingerprint density at radius 1 is 1.09 bits per heavy atom. The molecule has 5 heteroatoms. The topological polar surface area (TPSA) is 73.3 Å². The molecule has 0 saturated carbocycles. The van der Waals surface area contributed by atoms with Crippen LogP contribution in [0.3, 0.4) is 0 Å². The van der Waals surface area contributed by atoms with E-state index in [2.05, 4.69) is 4.98 Å². The van der Waals surface area contributed by atoms with Crippen LogP contribution in [-0.2, 0) is 0 Å². The van der Waals surface area contributed by atoms with Crippen molar-refractivity contribution in [3.63, 3.8) is 0 Å². The predicted molar refractivity (Wildman–Crippen MR) is 87.4 cm³/mol. The Kier molecular flexibility index (Phi) is 3.56. The summed E-state index contributed by atoms with van der Waals surface area (Å²) in [6, 6.07) is 9.37. The molecular formula is C18H16FNO3. The minimum atomic E-state index is -0.851. The van der Waals surface area contributed by atoms with Crippen LogP contribution >= 0.6 is 0 Å². The van der Waals surface area contributed by atoms with Gasteiger partial charge in [-0.1, -0.05) is 32.0 Å². The van der Waals surface area contributed by atoms with E-state index in [9.17, 15) is 19.4 Å². The molecular weight excluding hydrogens is 297 g/mol. The predicted octanol–water partition coefficient (Wildman–Crippen LogP) is 3.87. The number of phenols is 2. The van der Waals surface area contributed by atoms with Crippen LogP contribution in [0, 0.1) is 5.82 Å². The molecule has 0 amide bonds. The molecule has 0 saturated heterocycles. The number of halogens is 1. The zero-order valence-electron chi connectivity index (χ0n) is 12.7. The molecule has 3 N–H and O–H groups in total. The first kappa shape index (κ1) is 15.1. The number of nitrogens with one attached hydrogen (secondary N) is 1. The fourth-order valence-electron chi connectivity index (χ4n) is 2.82. The molecule has 4 nitrogen and oxygen atoms in total. The minimum Gasteiger partial charge on any atom is -0.507 e. The molecule has 3 aromatic rings. The summed E-state index contributed by atoms with van der Waals surface area (Å²) in [5.74, 6) is -0.922. The number of aromatic nitrogens is 1. The smallest absolute Gasteiger partial charge is 0.284 e. The highest BCUT2D eigenvalue weighted by atomic mass is 19.1. The van der Waals surface area contributed by atoms with Crippen molar-refractivity contribution in [2.75, 3.05) is 0 Å². The van der Waals surface area contributed by atoms with Gasteiger partial charge in [-0.2, -0.15) is 0 Å². The number of hydrogen-bond donors (Lipinski definition) is 3. The van der Waals surface area contributed by atoms with E-state index in [1.807, 2.05) is 13.8 Å². The zero-order valence-corrected chi connectivity index (χ0v) is 12.7. The number of aromatic hydroxyl groups is 2. The first-order chi connectivity index (χ1) is 10.9. The molecule has 1 aromatic heterocycles. The lowest BCUT2D eigenvalue weighted by molar-refractivity contribution is 0.434. The molecule has 0 aliphatic carbocycles. The van der Waals surface area contributed by atoms with Crippen LogP contribution in [0.5, 0.6) is 11.5 Å². The highest BCUT2D eigenvalue weighted by Gasteiger charge is 2.15. The Morgan fingerprint density at radius 2 is 1.74 bits per heavy atom. The zero-order chi connectivity index (χ0) is 16.7. The van der Waals surface area contributed by atoms with Crippen molar-refractivity contribution < 1.29 is 14.6 Å². The monoisotopic (exact) mass is 313 g/mol. The summed E-state index contributed by atoms with van der Waals surface area (Å²) in [6.45, 7) is 3.74. The van der Waals surface area contributed by atoms with Crippen LogP contribution in [-0.4, -0.2) is 15.2 Å². The first-order valence-corrected chi connectivity index (χ1v) is 7.26. The molecule has 0 radical (unpaired) electrons. The Morgan fingerprint density at radius 3 is 2.35 bits per heavy atom. The number of pyridine rings is 1. The maximum atomic E-state index is 13.4. The van der Waals surface area contributed by atoms with Gasteiger partial charge in [0.2, 0.25) is 0 Å². The van der Waals surface area contributed by atoms with Gasteiger partial charge >= 0.3 is 0 Å². The average molecular weight is 313 g/mol. The molecule has 0 atom stereocenters. The lowest BCUT2D eigenvalue weighted by atomic mass is 9.95. The minimum absolute atomic E-state index is 0.0172. The van der Waals surface area contributed by atoms with Crippen LogP contribution in [0.15, 0.2) is 41.2 Å². The van der Waals surface area contributed by atoms with Crippen molar-refractivity contribution in [3.8, 4) is 22.6 Å². The highest BCUT2D eigenvalue weighted by molar-refractivity contribution is 5.94. The first-order valence-electron chi connectivity index (χ1n) is 7.26. The van der Waals surface area contributed by atoms with Gasteiger partial charge in [0.15, 0.2) is 5.82 Å². The molecule has 0 unspecified atom stereocenters. The van der Waals surface area contributed by atoms with Gasteiger partial charge < -0.3 is 15.2 Å². The van der Waals surface area contributed by atoms with Gasteiger partial charge in [-0.3, -0.25) is 4.79 Å². The van der Waals surface area contributed by atoms with Crippen LogP contribution in [0.25, 0.3) is 22.0 Å². The number of fused-ring (bicyclic) bond motifs is 1. The summed E-state index contributed by atoms with van der Waals surface area (Å²) in [5, 5.41) is 20.9. The van der Waals surface area contributed by atoms with Crippen LogP contribution in [0.2, 0.25) is 0 Å². The highest BCUT2D eigenvalue weighted by Crippen LogP contribution is 2.39. The van der Waals surface area contributed by atoms with Gasteiger partial charge in [0.1, 0.15) is 11.5 Å². The SMILES string of the molecule is CC(C)c1c(O)cc(-c2cccc3cc(F)c(=O)[nH]c23)cc1O. The van der Waals surface area contributed by atoms with Crippen molar-refractivity contribution in [1.29, 1.82) is 0 Å². The van der Waals surface area contributed by atoms with Gasteiger partial charge in [0.05, 0.1) is 5.52 Å². The Labute approximate surface area is 131 Å². The van der Waals surface area contributed by atoms with Crippen LogP contribution in [0.4, 0.5) is 4.39 Å². The molecule has 0 aliphatic rings. The lowest BCUT2D eigenvalue weighted by Gasteiger charge is -2.14. The summed E-state index contributed by atoms with van der Waals surface area (Å²) in [5.41, 5.74) is 1.25. The summed E-state index contributed by atoms with van der Waals surface area (Å²) in [7, 11) is 0. The van der Waals surface area contributed by atoms with E-state index in [0.29, 0.717) is 27.6 Å². The molecule has 23 heavy (non-hydrogen) atoms. The Bertz CT molecular complexity index is 937. The maximum absolute atomic E-state index is 13.4. The molecule has 118 valence electrons. The molecule has 3 rings (SSSR count). The second-order valence-corrected chi connectivity index (χ2v) is 5.80. The van der Waals surface area contributed by atoms with Crippen molar-refractivity contribution in [2.24, 2.45) is 0 Å². The molecule has 0 bridgehead atoms. The van der Waals surface area contributed by atoms with Crippen LogP contribution < -0.4 is 5.56 Å². The quantitative estimate of drug-likeness (QED) is 0.672. The second-order valence-electron chi connectivity index (χ2n) is 5.80. The number of hydrogen-bond acceptors (Lipinski definition) is 3. The van der Waals surface area contributed by atoms with E-state index in [0.717, 1.165) is 0 Å². The molecule has 0 aliphatic heterocycles. The standard InChI is InChI=1S/C18H16FNO3/c1-9(2)16-14(21)7-11(8-15(16)22)12-5-3-4-10-6-13(19)18(23)20-17(10)12/h3-9,21-22H,1-2H3,(H,20,23). The lowest BCUT2D eigenvalue weighted by Crippen LogP contribution is -2.10. The van der Waals surface area contributed by atoms with Gasteiger partial charge in [-0.25, -0.2) is 4.39 Å². The Balaban J connectivity index is 2.29. The van der Waals surface area contributed by atoms with Gasteiger partial charge in [0, 0.05) is 16.5 Å². The van der Waals surface area contributed by atoms with Gasteiger partial charge in [0.25, 0.3) is 5.56 Å². The maximum Gasteiger partial charge on any atom is 0.284 e. The van der Waals surface area contributed by atoms with E-state index in [-0.39, 0.29) is 17.4 Å². The fraction of sp³-hybridized carbons (Fsp3) is 0.167. The third kappa shape index (κ3) is 2.54. The van der Waals surface area contributed by atoms with Crippen LogP contribution in [0.1, 0.15) is 25.3 Å². The fourth-order valence-corrected chi connectivity index (χ4v) is 2.82. The summed E-state index contributed by atoms with van der Waals surface area (Å²) < 4.78 is 13.4. The Hall–Kier alpha value is -2.82. The van der Waals surface area contributed by atoms with E-state index < -0.39 is 11.4 Å². The summed E-state index contributed by atoms with van der Waals surface area (Å²) in [4.78, 5) is 14.1. The summed E-state index contributed by atoms with van der Waals surface area (Å²) in [6.07, 6.45) is 0. The van der Waals surface area contributed by atoms with Crippen molar-refractivity contribution in [2.45, 2.75) is 19.8 Å². The van der Waals surface area contributed by atoms with E-state index >= 15 is 0 Å². The van der Waals surface area contributed by atoms with Crippen molar-refractivity contribution in [1.82, 2.24) is 4.98 Å². The van der Waals surface area contributed by atoms with E-state index in [1.165, 1.54) is 18.2 Å². The average Bonchev–Trinajstić information content (AvgIpc) is 2.46.